The third-order valence-corrected chi connectivity index (χ3v) is 17.3. The first-order chi connectivity index (χ1) is 37.9. The van der Waals surface area contributed by atoms with Gasteiger partial charge in [-0.15, -0.1) is 0 Å². The number of fused-ring (bicyclic) bond motifs is 13. The van der Waals surface area contributed by atoms with Crippen molar-refractivity contribution >= 4 is 44.6 Å². The highest BCUT2D eigenvalue weighted by atomic mass is 15.2. The first-order valence-electron chi connectivity index (χ1n) is 28.0. The summed E-state index contributed by atoms with van der Waals surface area (Å²) in [6, 6.07) is 85.2. The molecule has 1 heterocycles. The van der Waals surface area contributed by atoms with Crippen LogP contribution in [0, 0.1) is 5.92 Å². The number of hydrogen-bond acceptors (Lipinski definition) is 1. The van der Waals surface area contributed by atoms with Gasteiger partial charge in [0.15, 0.2) is 0 Å². The summed E-state index contributed by atoms with van der Waals surface area (Å²) in [5.41, 5.74) is 26.8. The fraction of sp³-hybridized carbons (Fsp3) is 0.158. The third kappa shape index (κ3) is 7.30. The minimum Gasteiger partial charge on any atom is -0.308 e. The van der Waals surface area contributed by atoms with E-state index in [0.717, 1.165) is 29.0 Å². The summed E-state index contributed by atoms with van der Waals surface area (Å²) in [4.78, 5) is 2.59. The molecule has 3 aliphatic rings. The number of rotatable bonds is 7. The minimum absolute atomic E-state index is 0.0340. The number of allylic oxidation sites excluding steroid dienone is 4. The maximum absolute atomic E-state index is 2.59. The van der Waals surface area contributed by atoms with Crippen LogP contribution in [0.15, 0.2) is 243 Å². The maximum Gasteiger partial charge on any atom is 0.0782 e. The van der Waals surface area contributed by atoms with Crippen molar-refractivity contribution in [3.8, 4) is 55.6 Å². The van der Waals surface area contributed by atoms with Crippen LogP contribution in [0.3, 0.4) is 0 Å². The van der Waals surface area contributed by atoms with E-state index in [-0.39, 0.29) is 10.8 Å². The van der Waals surface area contributed by atoms with Crippen molar-refractivity contribution in [1.29, 1.82) is 0 Å². The Bertz CT molecular complexity index is 4210. The zero-order valence-electron chi connectivity index (χ0n) is 45.8. The Kier molecular flexibility index (Phi) is 11.0. The molecule has 0 amide bonds. The molecule has 378 valence electrons. The van der Waals surface area contributed by atoms with Crippen molar-refractivity contribution in [2.24, 2.45) is 5.92 Å². The van der Waals surface area contributed by atoms with E-state index in [1.165, 1.54) is 111 Å². The molecule has 0 saturated carbocycles. The molecule has 1 spiro atoms. The second-order valence-corrected chi connectivity index (χ2v) is 24.1. The smallest absolute Gasteiger partial charge is 0.0782 e. The zero-order chi connectivity index (χ0) is 53.1. The van der Waals surface area contributed by atoms with Gasteiger partial charge in [0.2, 0.25) is 0 Å². The van der Waals surface area contributed by atoms with E-state index in [9.17, 15) is 0 Å². The molecule has 0 saturated heterocycles. The average Bonchev–Trinajstić information content (AvgIpc) is 3.37. The van der Waals surface area contributed by atoms with E-state index >= 15 is 0 Å². The molecule has 1 unspecified atom stereocenters. The molecule has 2 heteroatoms. The lowest BCUT2D eigenvalue weighted by atomic mass is 9.69. The summed E-state index contributed by atoms with van der Waals surface area (Å²) >= 11 is 0. The third-order valence-electron chi connectivity index (χ3n) is 17.3. The molecule has 0 fully saturated rings. The Morgan fingerprint density at radius 3 is 1.62 bits per heavy atom. The van der Waals surface area contributed by atoms with Gasteiger partial charge in [-0.05, 0) is 143 Å². The number of anilines is 3. The molecule has 2 nitrogen and oxygen atoms in total. The highest BCUT2D eigenvalue weighted by Crippen LogP contribution is 2.64. The molecule has 10 aromatic carbocycles. The number of nitrogens with zero attached hydrogens (tertiary/aromatic N) is 2. The Morgan fingerprint density at radius 2 is 0.949 bits per heavy atom. The standard InChI is InChI=1S/C76H64N2/c1-49-36-40-53(41-37-49)78-71-34-20-17-30-63(71)64-31-21-35-72(73(64)78)77(70-33-19-16-29-62(70)58-27-14-13-26-57(58)56-25-12-11-24-55(56)50-22-9-8-10-23-50)54-42-45-67-65(48-54)59-28-15-18-32-66(59)76(67)68-46-51(74(2,3)4)38-43-60(68)61-44-39-52(47-69(61)76)75(5,6)7/h8-36,38-49H,37H2,1-7H3. The van der Waals surface area contributed by atoms with E-state index in [1.807, 2.05) is 0 Å². The molecular weight excluding hydrogens is 941 g/mol. The van der Waals surface area contributed by atoms with Crippen molar-refractivity contribution in [2.75, 3.05) is 4.90 Å². The molecule has 0 radical (unpaired) electrons. The topological polar surface area (TPSA) is 8.17 Å². The zero-order valence-corrected chi connectivity index (χ0v) is 45.8. The van der Waals surface area contributed by atoms with Gasteiger partial charge in [-0.2, -0.15) is 0 Å². The fourth-order valence-electron chi connectivity index (χ4n) is 13.4. The van der Waals surface area contributed by atoms with E-state index in [2.05, 4.69) is 301 Å². The lowest BCUT2D eigenvalue weighted by molar-refractivity contribution is 0.586. The molecule has 1 atom stereocenters. The van der Waals surface area contributed by atoms with Crippen LogP contribution in [0.2, 0.25) is 0 Å². The van der Waals surface area contributed by atoms with Crippen LogP contribution >= 0.6 is 0 Å². The van der Waals surface area contributed by atoms with Crippen molar-refractivity contribution in [3.05, 3.63) is 276 Å². The summed E-state index contributed by atoms with van der Waals surface area (Å²) < 4.78 is 2.53. The van der Waals surface area contributed by atoms with Gasteiger partial charge in [0, 0.05) is 27.7 Å². The van der Waals surface area contributed by atoms with Crippen molar-refractivity contribution in [1.82, 2.24) is 4.57 Å². The Morgan fingerprint density at radius 1 is 0.423 bits per heavy atom. The van der Waals surface area contributed by atoms with Crippen molar-refractivity contribution in [2.45, 2.75) is 71.1 Å². The monoisotopic (exact) mass is 1000 g/mol. The Hall–Kier alpha value is -8.72. The second-order valence-electron chi connectivity index (χ2n) is 24.1. The normalized spacial score (nSPS) is 15.1. The summed E-state index contributed by atoms with van der Waals surface area (Å²) in [6.07, 6.45) is 8.14. The van der Waals surface area contributed by atoms with E-state index in [1.54, 1.807) is 0 Å². The van der Waals surface area contributed by atoms with Crippen LogP contribution in [0.4, 0.5) is 17.1 Å². The average molecular weight is 1010 g/mol. The lowest BCUT2D eigenvalue weighted by Gasteiger charge is -2.33. The van der Waals surface area contributed by atoms with Crippen LogP contribution in [-0.2, 0) is 16.2 Å². The summed E-state index contributed by atoms with van der Waals surface area (Å²) in [6.45, 7) is 16.4. The fourth-order valence-corrected chi connectivity index (χ4v) is 13.4. The molecule has 3 aliphatic carbocycles. The van der Waals surface area contributed by atoms with Gasteiger partial charge in [0.25, 0.3) is 0 Å². The highest BCUT2D eigenvalue weighted by molar-refractivity contribution is 6.16. The van der Waals surface area contributed by atoms with Gasteiger partial charge in [0.05, 0.1) is 27.8 Å². The highest BCUT2D eigenvalue weighted by Gasteiger charge is 2.52. The minimum atomic E-state index is -0.519. The molecule has 14 rings (SSSR count). The van der Waals surface area contributed by atoms with E-state index in [4.69, 9.17) is 0 Å². The summed E-state index contributed by atoms with van der Waals surface area (Å²) in [5.74, 6) is 0.480. The second kappa shape index (κ2) is 17.9. The molecule has 0 bridgehead atoms. The Labute approximate surface area is 460 Å². The van der Waals surface area contributed by atoms with E-state index < -0.39 is 5.41 Å². The maximum atomic E-state index is 2.59. The van der Waals surface area contributed by atoms with Gasteiger partial charge in [0.1, 0.15) is 0 Å². The largest absolute Gasteiger partial charge is 0.308 e. The van der Waals surface area contributed by atoms with Gasteiger partial charge in [-0.3, -0.25) is 0 Å². The van der Waals surface area contributed by atoms with Gasteiger partial charge in [-0.25, -0.2) is 0 Å². The van der Waals surface area contributed by atoms with Crippen LogP contribution < -0.4 is 4.90 Å². The van der Waals surface area contributed by atoms with Crippen molar-refractivity contribution < 1.29 is 0 Å². The molecule has 78 heavy (non-hydrogen) atoms. The number of para-hydroxylation sites is 3. The van der Waals surface area contributed by atoms with Gasteiger partial charge >= 0.3 is 0 Å². The SMILES string of the molecule is CC1C=CC(n2c3ccccc3c3cccc(N(c4ccc5c(c4)-c4ccccc4C54c5cc(C(C)(C)C)ccc5-c5ccc(C(C)(C)C)cc54)c4ccccc4-c4ccccc4-c4ccccc4-c4ccccc4)c32)=CC1. The van der Waals surface area contributed by atoms with Crippen LogP contribution in [0.25, 0.3) is 83.1 Å². The predicted octanol–water partition coefficient (Wildman–Crippen LogP) is 20.6. The first-order valence-corrected chi connectivity index (χ1v) is 28.0. The van der Waals surface area contributed by atoms with Crippen LogP contribution in [-0.4, -0.2) is 4.57 Å². The summed E-state index contributed by atoms with van der Waals surface area (Å²) in [5, 5.41) is 2.47. The summed E-state index contributed by atoms with van der Waals surface area (Å²) in [7, 11) is 0. The molecule has 1 aromatic heterocycles. The number of hydrogen-bond donors (Lipinski definition) is 0. The van der Waals surface area contributed by atoms with Crippen LogP contribution in [0.5, 0.6) is 0 Å². The molecule has 11 aromatic rings. The number of aromatic nitrogens is 1. The first kappa shape index (κ1) is 47.7. The number of benzene rings is 10. The van der Waals surface area contributed by atoms with Crippen molar-refractivity contribution in [3.63, 3.8) is 0 Å². The molecule has 0 aliphatic heterocycles. The van der Waals surface area contributed by atoms with Crippen LogP contribution in [0.1, 0.15) is 88.3 Å². The quantitative estimate of drug-likeness (QED) is 0.154. The lowest BCUT2D eigenvalue weighted by Crippen LogP contribution is -2.27. The molecule has 0 N–H and O–H groups in total. The van der Waals surface area contributed by atoms with Gasteiger partial charge < -0.3 is 9.47 Å². The van der Waals surface area contributed by atoms with E-state index in [0.29, 0.717) is 5.92 Å². The molecular formula is C76H64N2. The van der Waals surface area contributed by atoms with Gasteiger partial charge in [-0.1, -0.05) is 255 Å². The predicted molar refractivity (Wildman–Crippen MR) is 331 cm³/mol. The Balaban J connectivity index is 1.07.